The molecule has 0 aliphatic carbocycles. The van der Waals surface area contributed by atoms with Crippen molar-refractivity contribution in [3.8, 4) is 17.2 Å². The van der Waals surface area contributed by atoms with E-state index in [1.807, 2.05) is 18.2 Å². The van der Waals surface area contributed by atoms with Crippen molar-refractivity contribution in [3.63, 3.8) is 0 Å². The Kier molecular flexibility index (Phi) is 15.5. The van der Waals surface area contributed by atoms with Crippen molar-refractivity contribution >= 4 is 47.9 Å². The third-order valence-corrected chi connectivity index (χ3v) is 5.22. The summed E-state index contributed by atoms with van der Waals surface area (Å²) < 4.78 is 4.32. The zero-order chi connectivity index (χ0) is 25.3. The number of halogens is 1. The number of hydrogen-bond acceptors (Lipinski definition) is 10. The van der Waals surface area contributed by atoms with Gasteiger partial charge in [0.2, 0.25) is 5.76 Å². The molecule has 1 heterocycles. The monoisotopic (exact) mass is 536 g/mol. The van der Waals surface area contributed by atoms with Gasteiger partial charge in [0.05, 0.1) is 6.61 Å². The normalized spacial score (nSPS) is 16.1. The number of carbonyl (C=O) groups excluding carboxylic acids is 1. The molecule has 0 saturated heterocycles. The van der Waals surface area contributed by atoms with E-state index in [-0.39, 0.29) is 53.5 Å². The average molecular weight is 537 g/mol. The van der Waals surface area contributed by atoms with Gasteiger partial charge in [-0.25, -0.2) is 4.79 Å². The predicted octanol–water partition coefficient (Wildman–Crippen LogP) is 1.59. The number of esters is 1. The zero-order valence-corrected chi connectivity index (χ0v) is 23.0. The summed E-state index contributed by atoms with van der Waals surface area (Å²) in [5, 5.41) is 66.5. The van der Waals surface area contributed by atoms with E-state index in [0.717, 1.165) is 31.4 Å². The number of benzene rings is 2. The second-order valence-electron chi connectivity index (χ2n) is 7.94. The summed E-state index contributed by atoms with van der Waals surface area (Å²) in [6.45, 7) is 2.30. The van der Waals surface area contributed by atoms with E-state index in [4.69, 9.17) is 20.4 Å². The van der Waals surface area contributed by atoms with E-state index < -0.39 is 36.3 Å². The number of phenolic OH excluding ortho intramolecular Hbond substituents is 3. The summed E-state index contributed by atoms with van der Waals surface area (Å²) >= 11 is 0. The molecule has 0 bridgehead atoms. The van der Waals surface area contributed by atoms with Gasteiger partial charge in [-0.15, -0.1) is 12.4 Å². The molecular formula is C24H32ClNNaO9. The number of aliphatic hydroxyl groups excluding tert-OH is 4. The fourth-order valence-corrected chi connectivity index (χ4v) is 3.16. The number of hydrogen-bond donors (Lipinski definition) is 8. The molecule has 0 fully saturated rings. The summed E-state index contributed by atoms with van der Waals surface area (Å²) in [6.07, 6.45) is 0.0124. The summed E-state index contributed by atoms with van der Waals surface area (Å²) in [4.78, 5) is 10.5. The van der Waals surface area contributed by atoms with Crippen LogP contribution in [-0.4, -0.2) is 103 Å². The molecule has 36 heavy (non-hydrogen) atoms. The van der Waals surface area contributed by atoms with Crippen LogP contribution >= 0.6 is 12.4 Å². The molecule has 0 amide bonds. The molecule has 2 aromatic rings. The Morgan fingerprint density at radius 2 is 1.56 bits per heavy atom. The molecule has 2 aromatic carbocycles. The van der Waals surface area contributed by atoms with Gasteiger partial charge in [0, 0.05) is 35.6 Å². The molecule has 3 atom stereocenters. The fourth-order valence-electron chi connectivity index (χ4n) is 3.16. The molecule has 1 aliphatic rings. The largest absolute Gasteiger partial charge is 0.508 e. The smallest absolute Gasteiger partial charge is 0.377 e. The molecule has 1 aliphatic heterocycles. The second-order valence-corrected chi connectivity index (χ2v) is 7.94. The van der Waals surface area contributed by atoms with Gasteiger partial charge in [0.1, 0.15) is 11.9 Å². The topological polar surface area (TPSA) is 180 Å². The fraction of sp³-hybridized carbons (Fsp3) is 0.375. The molecule has 12 heteroatoms. The Morgan fingerprint density at radius 1 is 0.944 bits per heavy atom. The van der Waals surface area contributed by atoms with Crippen molar-refractivity contribution in [3.05, 3.63) is 65.1 Å². The number of cyclic esters (lactones) is 1. The third kappa shape index (κ3) is 10.4. The van der Waals surface area contributed by atoms with Crippen LogP contribution in [0, 0.1) is 0 Å². The van der Waals surface area contributed by atoms with Crippen molar-refractivity contribution in [1.29, 1.82) is 0 Å². The van der Waals surface area contributed by atoms with Crippen LogP contribution in [0.3, 0.4) is 0 Å². The van der Waals surface area contributed by atoms with Crippen LogP contribution in [0.15, 0.2) is 54.0 Å². The van der Waals surface area contributed by atoms with E-state index in [2.05, 4.69) is 17.0 Å². The summed E-state index contributed by atoms with van der Waals surface area (Å²) in [5.74, 6) is -2.64. The standard InChI is InChI=1S/C18H23NO3.C6H8O6.ClH.Na/c1-13(2-3-14-4-7-16(20)8-5-14)19-11-10-15-6-9-17(21)18(22)12-15;7-1-2(8)5-3(9)4(10)6(11)12-5;;/h4-9,12-13,19-22H,2-3,10-11H2,1H3;2,5,7-10H,1H2;1H;/t;2?,5-;;/m.1../s1. The van der Waals surface area contributed by atoms with Crippen molar-refractivity contribution in [2.24, 2.45) is 0 Å². The first-order valence-electron chi connectivity index (χ1n) is 10.8. The van der Waals surface area contributed by atoms with Gasteiger partial charge in [0.15, 0.2) is 23.4 Å². The maximum Gasteiger partial charge on any atom is 0.377 e. The van der Waals surface area contributed by atoms with Crippen LogP contribution in [0.25, 0.3) is 0 Å². The van der Waals surface area contributed by atoms with Crippen LogP contribution in [0.5, 0.6) is 17.2 Å². The number of ether oxygens (including phenoxy) is 1. The Balaban J connectivity index is 0.000000750. The number of rotatable bonds is 9. The number of carbonyl (C=O) groups is 1. The molecular weight excluding hydrogens is 505 g/mol. The number of nitrogens with one attached hydrogen (secondary N) is 1. The summed E-state index contributed by atoms with van der Waals surface area (Å²) in [5.41, 5.74) is 2.21. The predicted molar refractivity (Wildman–Crippen MR) is 136 cm³/mol. The van der Waals surface area contributed by atoms with Crippen LogP contribution in [0.4, 0.5) is 0 Å². The molecule has 195 valence electrons. The average Bonchev–Trinajstić information content (AvgIpc) is 3.08. The minimum Gasteiger partial charge on any atom is -0.508 e. The number of aliphatic hydroxyl groups is 4. The van der Waals surface area contributed by atoms with Crippen LogP contribution in [0.2, 0.25) is 0 Å². The Labute approximate surface area is 237 Å². The summed E-state index contributed by atoms with van der Waals surface area (Å²) in [6, 6.07) is 12.6. The van der Waals surface area contributed by atoms with E-state index in [0.29, 0.717) is 11.8 Å². The number of aryl methyl sites for hydroxylation is 1. The van der Waals surface area contributed by atoms with Crippen molar-refractivity contribution in [2.75, 3.05) is 13.2 Å². The van der Waals surface area contributed by atoms with Gasteiger partial charge >= 0.3 is 5.97 Å². The summed E-state index contributed by atoms with van der Waals surface area (Å²) in [7, 11) is 0. The molecule has 0 aromatic heterocycles. The van der Waals surface area contributed by atoms with Gasteiger partial charge in [-0.3, -0.25) is 0 Å². The number of phenols is 3. The first-order chi connectivity index (χ1) is 16.1. The van der Waals surface area contributed by atoms with E-state index >= 15 is 0 Å². The Morgan fingerprint density at radius 3 is 2.08 bits per heavy atom. The van der Waals surface area contributed by atoms with E-state index in [1.54, 1.807) is 18.2 Å². The SMILES string of the molecule is CC(CCc1ccc(O)cc1)NCCc1ccc(O)c(O)c1.Cl.O=C1O[C@H](C(O)CO)C(O)=C1O.[Na]. The van der Waals surface area contributed by atoms with Crippen LogP contribution in [0.1, 0.15) is 24.5 Å². The zero-order valence-electron chi connectivity index (χ0n) is 20.2. The minimum atomic E-state index is -1.42. The van der Waals surface area contributed by atoms with Crippen LogP contribution < -0.4 is 5.32 Å². The van der Waals surface area contributed by atoms with Gasteiger partial charge < -0.3 is 45.8 Å². The molecule has 10 nitrogen and oxygen atoms in total. The van der Waals surface area contributed by atoms with Gasteiger partial charge in [-0.1, -0.05) is 18.2 Å². The van der Waals surface area contributed by atoms with Crippen LogP contribution in [-0.2, 0) is 22.4 Å². The first-order valence-corrected chi connectivity index (χ1v) is 10.8. The van der Waals surface area contributed by atoms with Crippen molar-refractivity contribution in [1.82, 2.24) is 5.32 Å². The molecule has 0 spiro atoms. The quantitative estimate of drug-likeness (QED) is 0.133. The van der Waals surface area contributed by atoms with E-state index in [1.165, 1.54) is 11.6 Å². The Bertz CT molecular complexity index is 988. The number of aromatic hydroxyl groups is 3. The van der Waals surface area contributed by atoms with Gasteiger partial charge in [-0.05, 0) is 68.1 Å². The molecule has 3 rings (SSSR count). The van der Waals surface area contributed by atoms with Crippen molar-refractivity contribution < 1.29 is 45.3 Å². The molecule has 8 N–H and O–H groups in total. The first kappa shape index (κ1) is 33.8. The molecule has 2 unspecified atom stereocenters. The Hall–Kier alpha value is -2.18. The third-order valence-electron chi connectivity index (χ3n) is 5.22. The van der Waals surface area contributed by atoms with E-state index in [9.17, 15) is 20.1 Å². The molecule has 1 radical (unpaired) electrons. The van der Waals surface area contributed by atoms with Gasteiger partial charge in [-0.2, -0.15) is 0 Å². The minimum absolute atomic E-state index is 0. The molecule has 0 saturated carbocycles. The second kappa shape index (κ2) is 16.5. The van der Waals surface area contributed by atoms with Crippen molar-refractivity contribution in [2.45, 2.75) is 44.4 Å². The maximum absolute atomic E-state index is 10.5. The van der Waals surface area contributed by atoms with Gasteiger partial charge in [0.25, 0.3) is 0 Å². The maximum atomic E-state index is 10.5.